The van der Waals surface area contributed by atoms with Crippen molar-refractivity contribution >= 4 is 41.2 Å². The molecule has 0 N–H and O–H groups in total. The molecule has 0 fully saturated rings. The Kier molecular flexibility index (Phi) is 6.37. The van der Waals surface area contributed by atoms with Crippen LogP contribution in [0.5, 0.6) is 0 Å². The predicted molar refractivity (Wildman–Crippen MR) is 98.6 cm³/mol. The first kappa shape index (κ1) is 17.5. The van der Waals surface area contributed by atoms with Crippen LogP contribution in [0.25, 0.3) is 21.8 Å². The molecule has 2 aliphatic rings. The topological polar surface area (TPSA) is 25.8 Å². The quantitative estimate of drug-likeness (QED) is 0.245. The molecule has 0 saturated carbocycles. The van der Waals surface area contributed by atoms with Gasteiger partial charge in [-0.3, -0.25) is 9.97 Å². The van der Waals surface area contributed by atoms with Crippen molar-refractivity contribution in [2.45, 2.75) is 6.42 Å². The number of allylic oxidation sites excluding steroid dienone is 4. The van der Waals surface area contributed by atoms with E-state index in [-0.39, 0.29) is 15.1 Å². The number of hydrogen-bond acceptors (Lipinski definition) is 2. The van der Waals surface area contributed by atoms with E-state index in [1.54, 1.807) is 12.4 Å². The molecule has 24 heavy (non-hydrogen) atoms. The summed E-state index contributed by atoms with van der Waals surface area (Å²) < 4.78 is 0. The van der Waals surface area contributed by atoms with Crippen molar-refractivity contribution in [2.24, 2.45) is 11.8 Å². The number of nitrogens with zero attached hydrogens (tertiary/aromatic N) is 2. The number of hydrogen-bond donors (Lipinski definition) is 0. The van der Waals surface area contributed by atoms with Gasteiger partial charge in [-0.25, -0.2) is 0 Å². The molecule has 5 heteroatoms. The standard InChI is InChI=1S/C12H8N2.C7H8.2ClH.Ru/c1-3-9-5-6-10-4-2-8-14-12(10)11(9)13-7-1;1-2-7-4-3-6(1)5-7;;;/h1-8H;1-4,6-7H,5H2;2*1H;/q;;;;+2/p-2. The van der Waals surface area contributed by atoms with Gasteiger partial charge in [0.05, 0.1) is 11.0 Å². The fraction of sp³-hybridized carbons (Fsp3) is 0.158. The normalized spacial score (nSPS) is 19.9. The van der Waals surface area contributed by atoms with Crippen LogP contribution < -0.4 is 0 Å². The van der Waals surface area contributed by atoms with E-state index in [2.05, 4.69) is 58.5 Å². The maximum absolute atomic E-state index is 4.85. The minimum absolute atomic E-state index is 0.346. The third kappa shape index (κ3) is 4.22. The molecule has 2 bridgehead atoms. The molecular weight excluding hydrogens is 428 g/mol. The number of pyridine rings is 2. The van der Waals surface area contributed by atoms with Crippen molar-refractivity contribution in [1.82, 2.24) is 9.97 Å². The molecule has 0 amide bonds. The van der Waals surface area contributed by atoms with Crippen LogP contribution in [0.2, 0.25) is 0 Å². The van der Waals surface area contributed by atoms with Crippen LogP contribution in [0.1, 0.15) is 6.42 Å². The molecule has 3 aromatic rings. The zero-order valence-corrected chi connectivity index (χ0v) is 16.0. The van der Waals surface area contributed by atoms with Crippen molar-refractivity contribution in [3.05, 3.63) is 73.1 Å². The Bertz CT molecular complexity index is 797. The van der Waals surface area contributed by atoms with Gasteiger partial charge in [0, 0.05) is 23.2 Å². The van der Waals surface area contributed by atoms with Crippen molar-refractivity contribution < 1.29 is 15.1 Å². The largest absolute Gasteiger partial charge is 0.254 e. The summed E-state index contributed by atoms with van der Waals surface area (Å²) in [7, 11) is 9.71. The van der Waals surface area contributed by atoms with Crippen molar-refractivity contribution in [1.29, 1.82) is 0 Å². The molecule has 0 spiro atoms. The summed E-state index contributed by atoms with van der Waals surface area (Å²) >= 11 is -0.346. The van der Waals surface area contributed by atoms with E-state index >= 15 is 0 Å². The van der Waals surface area contributed by atoms with Gasteiger partial charge in [0.1, 0.15) is 0 Å². The summed E-state index contributed by atoms with van der Waals surface area (Å²) in [5, 5.41) is 2.28. The maximum atomic E-state index is 4.85. The van der Waals surface area contributed by atoms with E-state index < -0.39 is 0 Å². The van der Waals surface area contributed by atoms with Gasteiger partial charge in [-0.05, 0) is 30.4 Å². The second-order valence-electron chi connectivity index (χ2n) is 5.60. The average molecular weight is 444 g/mol. The predicted octanol–water partition coefficient (Wildman–Crippen LogP) is 5.91. The molecule has 2 nitrogen and oxygen atoms in total. The molecule has 0 atom stereocenters. The van der Waals surface area contributed by atoms with Gasteiger partial charge in [0.25, 0.3) is 0 Å². The minimum atomic E-state index is -0.346. The number of benzene rings is 1. The van der Waals surface area contributed by atoms with Gasteiger partial charge in [0.15, 0.2) is 0 Å². The molecule has 2 aromatic heterocycles. The van der Waals surface area contributed by atoms with Crippen LogP contribution in [0.15, 0.2) is 73.1 Å². The van der Waals surface area contributed by atoms with Crippen LogP contribution in [0.3, 0.4) is 0 Å². The maximum Gasteiger partial charge on any atom is 0.0964 e. The Morgan fingerprint density at radius 1 is 0.750 bits per heavy atom. The van der Waals surface area contributed by atoms with Crippen molar-refractivity contribution in [2.75, 3.05) is 0 Å². The first-order valence-electron chi connectivity index (χ1n) is 7.62. The molecular formula is C19H16Cl2N2Ru. The Balaban J connectivity index is 0.000000141. The van der Waals surface area contributed by atoms with Gasteiger partial charge in [0.2, 0.25) is 0 Å². The molecule has 2 aliphatic carbocycles. The first-order valence-corrected chi connectivity index (χ1v) is 12.1. The molecule has 1 aromatic carbocycles. The molecule has 0 aliphatic heterocycles. The third-order valence-electron chi connectivity index (χ3n) is 4.10. The van der Waals surface area contributed by atoms with E-state index in [0.717, 1.165) is 33.6 Å². The van der Waals surface area contributed by atoms with Gasteiger partial charge in [-0.1, -0.05) is 48.6 Å². The molecule has 124 valence electrons. The van der Waals surface area contributed by atoms with Gasteiger partial charge in [-0.2, -0.15) is 0 Å². The number of fused-ring (bicyclic) bond motifs is 5. The molecule has 2 heterocycles. The van der Waals surface area contributed by atoms with Crippen LogP contribution in [-0.2, 0) is 15.1 Å². The summed E-state index contributed by atoms with van der Waals surface area (Å²) in [4.78, 5) is 8.69. The Morgan fingerprint density at radius 3 is 1.50 bits per heavy atom. The first-order chi connectivity index (χ1) is 11.8. The van der Waals surface area contributed by atoms with Crippen LogP contribution >= 0.6 is 19.4 Å². The van der Waals surface area contributed by atoms with Crippen LogP contribution in [0.4, 0.5) is 0 Å². The van der Waals surface area contributed by atoms with E-state index in [9.17, 15) is 0 Å². The average Bonchev–Trinajstić information content (AvgIpc) is 3.29. The summed E-state index contributed by atoms with van der Waals surface area (Å²) in [6.45, 7) is 0. The van der Waals surface area contributed by atoms with E-state index in [4.69, 9.17) is 19.4 Å². The second-order valence-corrected chi connectivity index (χ2v) is 8.24. The summed E-state index contributed by atoms with van der Waals surface area (Å²) in [6.07, 6.45) is 14.2. The van der Waals surface area contributed by atoms with E-state index in [1.807, 2.05) is 12.1 Å². The molecule has 0 saturated heterocycles. The Morgan fingerprint density at radius 2 is 1.17 bits per heavy atom. The van der Waals surface area contributed by atoms with Gasteiger partial charge >= 0.3 is 34.5 Å². The van der Waals surface area contributed by atoms with Crippen LogP contribution in [0, 0.1) is 11.8 Å². The molecule has 0 unspecified atom stereocenters. The smallest absolute Gasteiger partial charge is 0.0964 e. The summed E-state index contributed by atoms with van der Waals surface area (Å²) in [5.41, 5.74) is 1.95. The molecule has 0 radical (unpaired) electrons. The third-order valence-corrected chi connectivity index (χ3v) is 4.10. The van der Waals surface area contributed by atoms with Crippen LogP contribution in [-0.4, -0.2) is 9.97 Å². The Labute approximate surface area is 157 Å². The van der Waals surface area contributed by atoms with E-state index in [0.29, 0.717) is 0 Å². The van der Waals surface area contributed by atoms with Crippen molar-refractivity contribution in [3.63, 3.8) is 0 Å². The monoisotopic (exact) mass is 444 g/mol. The minimum Gasteiger partial charge on any atom is -0.254 e. The number of halogens is 2. The SMILES string of the molecule is C1=CC2C=CC1C2.[Cl][Ru][Cl].c1cnc2c(c1)ccc1cccnc12. The fourth-order valence-corrected chi connectivity index (χ4v) is 3.01. The fourth-order valence-electron chi connectivity index (χ4n) is 3.01. The van der Waals surface area contributed by atoms with Gasteiger partial charge in [-0.15, -0.1) is 0 Å². The summed E-state index contributed by atoms with van der Waals surface area (Å²) in [5.74, 6) is 1.62. The van der Waals surface area contributed by atoms with Crippen molar-refractivity contribution in [3.8, 4) is 0 Å². The van der Waals surface area contributed by atoms with E-state index in [1.165, 1.54) is 6.42 Å². The Hall–Kier alpha value is -1.28. The number of rotatable bonds is 0. The summed E-state index contributed by atoms with van der Waals surface area (Å²) in [6, 6.07) is 12.1. The van der Waals surface area contributed by atoms with Gasteiger partial charge < -0.3 is 0 Å². The number of aromatic nitrogens is 2. The molecule has 5 rings (SSSR count). The second kappa shape index (κ2) is 8.71. The zero-order chi connectivity index (χ0) is 16.8. The zero-order valence-electron chi connectivity index (χ0n) is 12.8.